The maximum absolute atomic E-state index is 12.7. The van der Waals surface area contributed by atoms with E-state index in [1.165, 1.54) is 0 Å². The van der Waals surface area contributed by atoms with Gasteiger partial charge >= 0.3 is 6.61 Å². The number of ether oxygens (including phenoxy) is 1. The molecule has 1 unspecified atom stereocenters. The SMILES string of the molecule is CNC1CCCN(Cc2c(OC(F)F)ccc3ccccc23)C1. The highest BCUT2D eigenvalue weighted by atomic mass is 19.3. The number of fused-ring (bicyclic) bond motifs is 1. The van der Waals surface area contributed by atoms with Gasteiger partial charge in [0, 0.05) is 24.7 Å². The molecule has 0 bridgehead atoms. The number of piperidine rings is 1. The van der Waals surface area contributed by atoms with E-state index in [1.54, 1.807) is 6.07 Å². The van der Waals surface area contributed by atoms with Crippen molar-refractivity contribution in [3.8, 4) is 5.75 Å². The Bertz CT molecular complexity index is 663. The van der Waals surface area contributed by atoms with Crippen LogP contribution in [0.15, 0.2) is 36.4 Å². The van der Waals surface area contributed by atoms with Gasteiger partial charge in [-0.15, -0.1) is 0 Å². The van der Waals surface area contributed by atoms with Gasteiger partial charge in [-0.1, -0.05) is 30.3 Å². The van der Waals surface area contributed by atoms with Crippen LogP contribution in [0, 0.1) is 0 Å². The zero-order valence-electron chi connectivity index (χ0n) is 13.3. The molecule has 0 spiro atoms. The van der Waals surface area contributed by atoms with E-state index in [0.717, 1.165) is 42.3 Å². The molecule has 1 aliphatic heterocycles. The van der Waals surface area contributed by atoms with Crippen molar-refractivity contribution in [2.24, 2.45) is 0 Å². The van der Waals surface area contributed by atoms with Crippen LogP contribution in [0.4, 0.5) is 8.78 Å². The summed E-state index contributed by atoms with van der Waals surface area (Å²) in [5.41, 5.74) is 0.847. The summed E-state index contributed by atoms with van der Waals surface area (Å²) in [6, 6.07) is 11.8. The maximum atomic E-state index is 12.7. The van der Waals surface area contributed by atoms with Gasteiger partial charge in [-0.25, -0.2) is 0 Å². The van der Waals surface area contributed by atoms with Gasteiger partial charge in [-0.05, 0) is 43.3 Å². The van der Waals surface area contributed by atoms with Gasteiger partial charge in [-0.2, -0.15) is 8.78 Å². The zero-order valence-corrected chi connectivity index (χ0v) is 13.3. The van der Waals surface area contributed by atoms with Crippen LogP contribution in [0.2, 0.25) is 0 Å². The second-order valence-corrected chi connectivity index (χ2v) is 6.00. The summed E-state index contributed by atoms with van der Waals surface area (Å²) in [6.45, 7) is -0.272. The molecular weight excluding hydrogens is 298 g/mol. The number of hydrogen-bond donors (Lipinski definition) is 1. The Morgan fingerprint density at radius 1 is 1.26 bits per heavy atom. The minimum absolute atomic E-state index is 0.283. The van der Waals surface area contributed by atoms with Gasteiger partial charge in [0.15, 0.2) is 0 Å². The van der Waals surface area contributed by atoms with Crippen LogP contribution >= 0.6 is 0 Å². The van der Waals surface area contributed by atoms with Crippen LogP contribution in [0.3, 0.4) is 0 Å². The van der Waals surface area contributed by atoms with Crippen LogP contribution in [0.1, 0.15) is 18.4 Å². The van der Waals surface area contributed by atoms with Crippen molar-refractivity contribution in [1.29, 1.82) is 0 Å². The number of likely N-dealkylation sites (N-methyl/N-ethyl adjacent to an activating group) is 1. The quantitative estimate of drug-likeness (QED) is 0.910. The summed E-state index contributed by atoms with van der Waals surface area (Å²) < 4.78 is 30.3. The van der Waals surface area contributed by atoms with Crippen molar-refractivity contribution in [3.63, 3.8) is 0 Å². The van der Waals surface area contributed by atoms with Crippen LogP contribution in [0.5, 0.6) is 5.75 Å². The van der Waals surface area contributed by atoms with Crippen LogP contribution in [-0.4, -0.2) is 37.7 Å². The highest BCUT2D eigenvalue weighted by Crippen LogP contribution is 2.31. The Morgan fingerprint density at radius 2 is 2.09 bits per heavy atom. The molecule has 2 aromatic carbocycles. The van der Waals surface area contributed by atoms with Crippen molar-refractivity contribution in [2.75, 3.05) is 20.1 Å². The third-order valence-corrected chi connectivity index (χ3v) is 4.51. The van der Waals surface area contributed by atoms with Crippen molar-refractivity contribution >= 4 is 10.8 Å². The Morgan fingerprint density at radius 3 is 2.87 bits per heavy atom. The lowest BCUT2D eigenvalue weighted by atomic mass is 10.0. The number of nitrogens with one attached hydrogen (secondary N) is 1. The molecule has 0 saturated carbocycles. The molecule has 1 saturated heterocycles. The summed E-state index contributed by atoms with van der Waals surface area (Å²) in [6.07, 6.45) is 2.27. The largest absolute Gasteiger partial charge is 0.434 e. The smallest absolute Gasteiger partial charge is 0.387 e. The number of likely N-dealkylation sites (tertiary alicyclic amines) is 1. The Kier molecular flexibility index (Phi) is 5.08. The molecule has 3 nitrogen and oxygen atoms in total. The number of alkyl halides is 2. The number of benzene rings is 2. The van der Waals surface area contributed by atoms with Crippen molar-refractivity contribution < 1.29 is 13.5 Å². The van der Waals surface area contributed by atoms with Gasteiger partial charge in [0.25, 0.3) is 0 Å². The molecule has 0 aliphatic carbocycles. The summed E-state index contributed by atoms with van der Waals surface area (Å²) in [4.78, 5) is 2.31. The van der Waals surface area contributed by atoms with Crippen molar-refractivity contribution in [3.05, 3.63) is 42.0 Å². The summed E-state index contributed by atoms with van der Waals surface area (Å²) in [7, 11) is 1.97. The van der Waals surface area contributed by atoms with E-state index < -0.39 is 6.61 Å². The average molecular weight is 320 g/mol. The maximum Gasteiger partial charge on any atom is 0.387 e. The van der Waals surface area contributed by atoms with E-state index in [0.29, 0.717) is 12.6 Å². The van der Waals surface area contributed by atoms with E-state index >= 15 is 0 Å². The molecule has 3 rings (SSSR count). The second kappa shape index (κ2) is 7.23. The molecule has 1 atom stereocenters. The van der Waals surface area contributed by atoms with Gasteiger partial charge < -0.3 is 10.1 Å². The number of nitrogens with zero attached hydrogens (tertiary/aromatic N) is 1. The average Bonchev–Trinajstić information content (AvgIpc) is 2.57. The van der Waals surface area contributed by atoms with E-state index in [4.69, 9.17) is 4.74 Å². The molecule has 124 valence electrons. The minimum atomic E-state index is -2.80. The molecule has 1 fully saturated rings. The van der Waals surface area contributed by atoms with Crippen molar-refractivity contribution in [1.82, 2.24) is 10.2 Å². The summed E-state index contributed by atoms with van der Waals surface area (Å²) >= 11 is 0. The Labute approximate surface area is 135 Å². The molecule has 2 aromatic rings. The third-order valence-electron chi connectivity index (χ3n) is 4.51. The lowest BCUT2D eigenvalue weighted by Gasteiger charge is -2.33. The van der Waals surface area contributed by atoms with Gasteiger partial charge in [0.1, 0.15) is 5.75 Å². The third kappa shape index (κ3) is 3.79. The molecule has 1 heterocycles. The van der Waals surface area contributed by atoms with Crippen LogP contribution < -0.4 is 10.1 Å². The predicted molar refractivity (Wildman–Crippen MR) is 87.9 cm³/mol. The molecule has 1 aliphatic rings. The molecular formula is C18H22F2N2O. The number of hydrogen-bond acceptors (Lipinski definition) is 3. The lowest BCUT2D eigenvalue weighted by molar-refractivity contribution is -0.0507. The fourth-order valence-electron chi connectivity index (χ4n) is 3.34. The fraction of sp³-hybridized carbons (Fsp3) is 0.444. The normalized spacial score (nSPS) is 19.4. The first-order chi connectivity index (χ1) is 11.2. The van der Waals surface area contributed by atoms with Gasteiger partial charge in [0.2, 0.25) is 0 Å². The molecule has 23 heavy (non-hydrogen) atoms. The Balaban J connectivity index is 1.93. The molecule has 0 aromatic heterocycles. The monoisotopic (exact) mass is 320 g/mol. The van der Waals surface area contributed by atoms with Gasteiger partial charge in [0.05, 0.1) is 0 Å². The number of halogens is 2. The minimum Gasteiger partial charge on any atom is -0.434 e. The highest BCUT2D eigenvalue weighted by Gasteiger charge is 2.21. The van der Waals surface area contributed by atoms with E-state index in [9.17, 15) is 8.78 Å². The van der Waals surface area contributed by atoms with Crippen LogP contribution in [0.25, 0.3) is 10.8 Å². The van der Waals surface area contributed by atoms with Crippen LogP contribution in [-0.2, 0) is 6.54 Å². The molecule has 0 amide bonds. The Hall–Kier alpha value is -1.72. The first-order valence-corrected chi connectivity index (χ1v) is 8.02. The predicted octanol–water partition coefficient (Wildman–Crippen LogP) is 3.63. The lowest BCUT2D eigenvalue weighted by Crippen LogP contribution is -2.43. The number of rotatable bonds is 5. The van der Waals surface area contributed by atoms with E-state index in [1.807, 2.05) is 37.4 Å². The molecule has 1 N–H and O–H groups in total. The van der Waals surface area contributed by atoms with Gasteiger partial charge in [-0.3, -0.25) is 4.90 Å². The van der Waals surface area contributed by atoms with E-state index in [-0.39, 0.29) is 5.75 Å². The summed E-state index contributed by atoms with van der Waals surface area (Å²) in [5.74, 6) is 0.283. The second-order valence-electron chi connectivity index (χ2n) is 6.00. The first-order valence-electron chi connectivity index (χ1n) is 8.02. The topological polar surface area (TPSA) is 24.5 Å². The molecule has 5 heteroatoms. The van der Waals surface area contributed by atoms with E-state index in [2.05, 4.69) is 10.2 Å². The highest BCUT2D eigenvalue weighted by molar-refractivity contribution is 5.87. The summed E-state index contributed by atoms with van der Waals surface area (Å²) in [5, 5.41) is 5.34. The fourth-order valence-corrected chi connectivity index (χ4v) is 3.34. The van der Waals surface area contributed by atoms with Crippen molar-refractivity contribution in [2.45, 2.75) is 32.0 Å². The first kappa shape index (κ1) is 16.1. The zero-order chi connectivity index (χ0) is 16.2. The molecule has 0 radical (unpaired) electrons. The standard InChI is InChI=1S/C18H22F2N2O/c1-21-14-6-4-10-22(11-14)12-16-15-7-3-2-5-13(15)8-9-17(16)23-18(19)20/h2-3,5,7-9,14,18,21H,4,6,10-12H2,1H3.